The second kappa shape index (κ2) is 11.3. The molecule has 0 aliphatic carbocycles. The fraction of sp³-hybridized carbons (Fsp3) is 0.414. The number of ether oxygens (including phenoxy) is 1. The maximum Gasteiger partial charge on any atom is 0.240 e. The molecule has 2 amide bonds. The van der Waals surface area contributed by atoms with Crippen molar-refractivity contribution in [1.29, 1.82) is 0 Å². The molecule has 0 bridgehead atoms. The molecule has 2 aliphatic heterocycles. The molecule has 1 fully saturated rings. The maximum atomic E-state index is 14.4. The van der Waals surface area contributed by atoms with Gasteiger partial charge in [-0.1, -0.05) is 50.6 Å². The van der Waals surface area contributed by atoms with Crippen LogP contribution in [0.3, 0.4) is 0 Å². The molecule has 0 spiro atoms. The van der Waals surface area contributed by atoms with Crippen molar-refractivity contribution in [3.05, 3.63) is 76.2 Å². The highest BCUT2D eigenvalue weighted by Crippen LogP contribution is 2.48. The summed E-state index contributed by atoms with van der Waals surface area (Å²) in [5.41, 5.74) is 2.53. The van der Waals surface area contributed by atoms with E-state index < -0.39 is 5.41 Å². The van der Waals surface area contributed by atoms with Gasteiger partial charge < -0.3 is 10.1 Å². The lowest BCUT2D eigenvalue weighted by Crippen LogP contribution is -2.44. The molecule has 1 saturated heterocycles. The first-order valence-electron chi connectivity index (χ1n) is 13.1. The number of halogens is 2. The van der Waals surface area contributed by atoms with Gasteiger partial charge in [-0.25, -0.2) is 9.07 Å². The van der Waals surface area contributed by atoms with E-state index in [0.29, 0.717) is 29.7 Å². The van der Waals surface area contributed by atoms with Crippen molar-refractivity contribution in [2.45, 2.75) is 50.4 Å². The molecule has 2 aliphatic rings. The first kappa shape index (κ1) is 27.7. The van der Waals surface area contributed by atoms with Crippen LogP contribution in [0.1, 0.15) is 55.7 Å². The smallest absolute Gasteiger partial charge is 0.240 e. The van der Waals surface area contributed by atoms with Gasteiger partial charge in [-0.05, 0) is 48.7 Å². The predicted octanol–water partition coefficient (Wildman–Crippen LogP) is 5.43. The summed E-state index contributed by atoms with van der Waals surface area (Å²) >= 11 is 7.77. The number of hydrogen-bond donors (Lipinski definition) is 1. The number of nitrogens with one attached hydrogen (secondary N) is 1. The van der Waals surface area contributed by atoms with Crippen molar-refractivity contribution in [3.63, 3.8) is 0 Å². The van der Waals surface area contributed by atoms with Gasteiger partial charge in [0, 0.05) is 29.2 Å². The van der Waals surface area contributed by atoms with Crippen LogP contribution in [0.5, 0.6) is 0 Å². The average Bonchev–Trinajstić information content (AvgIpc) is 3.52. The third kappa shape index (κ3) is 6.00. The normalized spacial score (nSPS) is 19.6. The van der Waals surface area contributed by atoms with Crippen molar-refractivity contribution in [3.8, 4) is 5.69 Å². The Balaban J connectivity index is 1.65. The summed E-state index contributed by atoms with van der Waals surface area (Å²) in [4.78, 5) is 28.4. The fourth-order valence-electron chi connectivity index (χ4n) is 5.03. The van der Waals surface area contributed by atoms with Gasteiger partial charge in [-0.2, -0.15) is 5.10 Å². The van der Waals surface area contributed by atoms with E-state index in [1.807, 2.05) is 18.2 Å². The van der Waals surface area contributed by atoms with Gasteiger partial charge in [-0.15, -0.1) is 11.8 Å². The minimum absolute atomic E-state index is 0.0123. The molecule has 10 heteroatoms. The Hall–Kier alpha value is -2.88. The number of amides is 2. The summed E-state index contributed by atoms with van der Waals surface area (Å²) in [6, 6.07) is 13.7. The summed E-state index contributed by atoms with van der Waals surface area (Å²) in [6.07, 6.45) is 1.86. The van der Waals surface area contributed by atoms with E-state index in [0.717, 1.165) is 29.7 Å². The van der Waals surface area contributed by atoms with Gasteiger partial charge in [0.25, 0.3) is 0 Å². The van der Waals surface area contributed by atoms with Crippen LogP contribution in [0.25, 0.3) is 5.69 Å². The summed E-state index contributed by atoms with van der Waals surface area (Å²) in [5, 5.41) is 8.10. The zero-order valence-corrected chi connectivity index (χ0v) is 23.8. The highest BCUT2D eigenvalue weighted by Gasteiger charge is 2.40. The van der Waals surface area contributed by atoms with Crippen LogP contribution in [-0.4, -0.2) is 53.1 Å². The topological polar surface area (TPSA) is 76.5 Å². The van der Waals surface area contributed by atoms with Gasteiger partial charge >= 0.3 is 0 Å². The van der Waals surface area contributed by atoms with Crippen LogP contribution in [0, 0.1) is 5.82 Å². The standard InChI is InChI=1S/C29H32ClFN4O3S/c1-29(2,3)27-25-26(18-7-4-9-20(31)13-18)39-17-24(37)34(16-23(36)32-15-22-11-6-12-38-22)28(25)35(33-27)21-10-5-8-19(30)14-21/h4-5,7-10,13-14,22,26H,6,11-12,15-17H2,1-3H3,(H,32,36)/t22-,26-/m0/s1. The van der Waals surface area contributed by atoms with Crippen LogP contribution in [0.2, 0.25) is 5.02 Å². The molecule has 3 heterocycles. The Kier molecular flexibility index (Phi) is 8.03. The minimum atomic E-state index is -0.416. The first-order chi connectivity index (χ1) is 18.6. The quantitative estimate of drug-likeness (QED) is 0.428. The van der Waals surface area contributed by atoms with Crippen molar-refractivity contribution < 1.29 is 18.7 Å². The summed E-state index contributed by atoms with van der Waals surface area (Å²) in [5.74, 6) is -0.242. The van der Waals surface area contributed by atoms with Crippen LogP contribution in [0.4, 0.5) is 10.2 Å². The van der Waals surface area contributed by atoms with Crippen molar-refractivity contribution in [1.82, 2.24) is 15.1 Å². The molecule has 206 valence electrons. The minimum Gasteiger partial charge on any atom is -0.376 e. The largest absolute Gasteiger partial charge is 0.376 e. The third-order valence-corrected chi connectivity index (χ3v) is 8.35. The number of nitrogens with zero attached hydrogens (tertiary/aromatic N) is 3. The van der Waals surface area contributed by atoms with Crippen LogP contribution in [0.15, 0.2) is 48.5 Å². The molecule has 0 saturated carbocycles. The number of anilines is 1. The fourth-order valence-corrected chi connectivity index (χ4v) is 6.40. The van der Waals surface area contributed by atoms with E-state index in [-0.39, 0.29) is 41.3 Å². The molecular formula is C29H32ClFN4O3S. The van der Waals surface area contributed by atoms with Crippen molar-refractivity contribution >= 4 is 41.0 Å². The Morgan fingerprint density at radius 1 is 1.23 bits per heavy atom. The number of fused-ring (bicyclic) bond motifs is 1. The van der Waals surface area contributed by atoms with Gasteiger partial charge in [0.2, 0.25) is 11.8 Å². The van der Waals surface area contributed by atoms with Gasteiger partial charge in [0.15, 0.2) is 0 Å². The van der Waals surface area contributed by atoms with E-state index in [2.05, 4.69) is 26.1 Å². The first-order valence-corrected chi connectivity index (χ1v) is 14.5. The van der Waals surface area contributed by atoms with Crippen LogP contribution in [-0.2, 0) is 19.7 Å². The average molecular weight is 571 g/mol. The molecule has 7 nitrogen and oxygen atoms in total. The SMILES string of the molecule is CC(C)(C)c1nn(-c2cccc(Cl)c2)c2c1[C@H](c1cccc(F)c1)SCC(=O)N2CC(=O)NC[C@@H]1CCCO1. The highest BCUT2D eigenvalue weighted by atomic mass is 35.5. The molecule has 1 aromatic heterocycles. The molecule has 2 aromatic carbocycles. The second-order valence-corrected chi connectivity index (χ2v) is 12.4. The molecule has 1 N–H and O–H groups in total. The number of hydrogen-bond acceptors (Lipinski definition) is 5. The molecule has 3 aromatic rings. The van der Waals surface area contributed by atoms with Crippen LogP contribution >= 0.6 is 23.4 Å². The van der Waals surface area contributed by atoms with E-state index >= 15 is 0 Å². The number of thioether (sulfide) groups is 1. The van der Waals surface area contributed by atoms with Crippen molar-refractivity contribution in [2.24, 2.45) is 0 Å². The second-order valence-electron chi connectivity index (χ2n) is 10.9. The van der Waals surface area contributed by atoms with Crippen LogP contribution < -0.4 is 10.2 Å². The lowest BCUT2D eigenvalue weighted by atomic mass is 9.87. The van der Waals surface area contributed by atoms with E-state index in [1.54, 1.807) is 22.9 Å². The number of rotatable bonds is 6. The van der Waals surface area contributed by atoms with Gasteiger partial charge in [-0.3, -0.25) is 14.5 Å². The summed E-state index contributed by atoms with van der Waals surface area (Å²) in [6.45, 7) is 7.07. The molecule has 39 heavy (non-hydrogen) atoms. The Morgan fingerprint density at radius 3 is 2.72 bits per heavy atom. The zero-order valence-electron chi connectivity index (χ0n) is 22.2. The number of carbonyl (C=O) groups is 2. The summed E-state index contributed by atoms with van der Waals surface area (Å²) < 4.78 is 21.7. The third-order valence-electron chi connectivity index (χ3n) is 6.86. The zero-order chi connectivity index (χ0) is 27.7. The van der Waals surface area contributed by atoms with Gasteiger partial charge in [0.05, 0.1) is 28.5 Å². The lowest BCUT2D eigenvalue weighted by molar-refractivity contribution is -0.123. The number of carbonyl (C=O) groups excluding carboxylic acids is 2. The Bertz CT molecular complexity index is 1380. The highest BCUT2D eigenvalue weighted by molar-refractivity contribution is 8.00. The molecule has 2 atom stereocenters. The molecule has 5 rings (SSSR count). The van der Waals surface area contributed by atoms with E-state index in [1.165, 1.54) is 28.8 Å². The molecular weight excluding hydrogens is 539 g/mol. The van der Waals surface area contributed by atoms with Crippen molar-refractivity contribution in [2.75, 3.05) is 30.3 Å². The van der Waals surface area contributed by atoms with E-state index in [9.17, 15) is 14.0 Å². The predicted molar refractivity (Wildman–Crippen MR) is 152 cm³/mol. The van der Waals surface area contributed by atoms with E-state index in [4.69, 9.17) is 21.4 Å². The molecule has 0 radical (unpaired) electrons. The van der Waals surface area contributed by atoms with Gasteiger partial charge in [0.1, 0.15) is 18.2 Å². The number of aromatic nitrogens is 2. The lowest BCUT2D eigenvalue weighted by Gasteiger charge is -2.25. The molecule has 0 unspecified atom stereocenters. The monoisotopic (exact) mass is 570 g/mol. The summed E-state index contributed by atoms with van der Waals surface area (Å²) in [7, 11) is 0. The number of benzene rings is 2. The maximum absolute atomic E-state index is 14.4. The Labute approximate surface area is 237 Å². The Morgan fingerprint density at radius 2 is 2.03 bits per heavy atom.